The number of hydrogen-bond acceptors (Lipinski definition) is 4. The van der Waals surface area contributed by atoms with Gasteiger partial charge in [-0.25, -0.2) is 4.98 Å². The smallest absolute Gasteiger partial charge is 0.129 e. The molecule has 138 valence electrons. The maximum Gasteiger partial charge on any atom is 0.129 e. The van der Waals surface area contributed by atoms with Gasteiger partial charge in [-0.2, -0.15) is 0 Å². The molecule has 2 heterocycles. The molecule has 1 aromatic carbocycles. The predicted octanol–water partition coefficient (Wildman–Crippen LogP) is 3.97. The Morgan fingerprint density at radius 2 is 2.11 bits per heavy atom. The van der Waals surface area contributed by atoms with Gasteiger partial charge in [0.2, 0.25) is 0 Å². The van der Waals surface area contributed by atoms with Gasteiger partial charge in [-0.1, -0.05) is 12.6 Å². The molecule has 0 saturated heterocycles. The van der Waals surface area contributed by atoms with Gasteiger partial charge in [0.15, 0.2) is 0 Å². The zero-order valence-electron chi connectivity index (χ0n) is 15.2. The number of ether oxygens (including phenoxy) is 1. The Labute approximate surface area is 161 Å². The van der Waals surface area contributed by atoms with Crippen molar-refractivity contribution in [1.29, 1.82) is 0 Å². The van der Waals surface area contributed by atoms with Crippen LogP contribution in [0.5, 0.6) is 5.75 Å². The van der Waals surface area contributed by atoms with Crippen molar-refractivity contribution >= 4 is 20.3 Å². The van der Waals surface area contributed by atoms with E-state index in [1.807, 2.05) is 23.7 Å². The highest BCUT2D eigenvalue weighted by atomic mass is 31.0. The van der Waals surface area contributed by atoms with Gasteiger partial charge in [-0.05, 0) is 48.3 Å². The molecule has 1 saturated carbocycles. The van der Waals surface area contributed by atoms with Crippen molar-refractivity contribution in [1.82, 2.24) is 14.5 Å². The molecule has 6 heteroatoms. The molecule has 5 nitrogen and oxygen atoms in total. The lowest BCUT2D eigenvalue weighted by Gasteiger charge is -2.14. The van der Waals surface area contributed by atoms with E-state index in [-0.39, 0.29) is 5.76 Å². The monoisotopic (exact) mass is 379 g/mol. The Bertz CT molecular complexity index is 1010. The van der Waals surface area contributed by atoms with Crippen molar-refractivity contribution in [2.24, 2.45) is 13.0 Å². The highest BCUT2D eigenvalue weighted by molar-refractivity contribution is 7.27. The van der Waals surface area contributed by atoms with Crippen molar-refractivity contribution in [2.45, 2.75) is 12.8 Å². The number of benzene rings is 1. The van der Waals surface area contributed by atoms with Gasteiger partial charge in [0.25, 0.3) is 0 Å². The maximum absolute atomic E-state index is 9.72. The third-order valence-electron chi connectivity index (χ3n) is 4.71. The predicted molar refractivity (Wildman–Crippen MR) is 111 cm³/mol. The second kappa shape index (κ2) is 7.16. The second-order valence-corrected chi connectivity index (χ2v) is 7.61. The average Bonchev–Trinajstić information content (AvgIpc) is 3.41. The largest absolute Gasteiger partial charge is 0.508 e. The first kappa shape index (κ1) is 17.7. The molecule has 0 spiro atoms. The number of hydrogen-bond donors (Lipinski definition) is 1. The number of aliphatic hydroxyl groups excluding tert-OH is 1. The van der Waals surface area contributed by atoms with E-state index in [2.05, 4.69) is 31.9 Å². The molecule has 0 amide bonds. The van der Waals surface area contributed by atoms with Crippen LogP contribution in [0.1, 0.15) is 18.4 Å². The topological polar surface area (TPSA) is 60.2 Å². The molecule has 3 aromatic rings. The normalized spacial score (nSPS) is 13.6. The van der Waals surface area contributed by atoms with Crippen LogP contribution in [0.3, 0.4) is 0 Å². The van der Waals surface area contributed by atoms with Crippen LogP contribution in [-0.2, 0) is 7.05 Å². The lowest BCUT2D eigenvalue weighted by atomic mass is 10.1. The maximum atomic E-state index is 9.72. The number of pyridine rings is 1. The number of aryl methyl sites for hydroxylation is 1. The zero-order valence-corrected chi connectivity index (χ0v) is 16.4. The highest BCUT2D eigenvalue weighted by Gasteiger charge is 2.24. The van der Waals surface area contributed by atoms with Crippen molar-refractivity contribution in [2.75, 3.05) is 6.61 Å². The van der Waals surface area contributed by atoms with Gasteiger partial charge in [-0.3, -0.25) is 4.98 Å². The van der Waals surface area contributed by atoms with E-state index in [4.69, 9.17) is 4.74 Å². The van der Waals surface area contributed by atoms with Crippen LogP contribution in [0.15, 0.2) is 49.4 Å². The molecule has 4 rings (SSSR count). The molecule has 1 N–H and O–H groups in total. The Morgan fingerprint density at radius 3 is 2.85 bits per heavy atom. The number of imidazole rings is 1. The summed E-state index contributed by atoms with van der Waals surface area (Å²) in [6.07, 6.45) is 5.91. The SMILES string of the molecule is C=C(O)c1ccnc(-c2ncn(C)c2-c2ccc(P)cc2OCC2CC2)c1. The van der Waals surface area contributed by atoms with Crippen molar-refractivity contribution in [3.8, 4) is 28.4 Å². The molecule has 1 atom stereocenters. The standard InChI is InChI=1S/C21H22N3O2P/c1-13(25)15-7-8-22-18(9-15)20-21(24(2)12-23-20)17-6-5-16(27)10-19(17)26-11-14-3-4-14/h5-10,12,14,25H,1,3-4,11,27H2,2H3. The Kier molecular flexibility index (Phi) is 4.71. The fraction of sp³-hybridized carbons (Fsp3) is 0.238. The van der Waals surface area contributed by atoms with Crippen LogP contribution in [0.25, 0.3) is 28.4 Å². The molecular formula is C21H22N3O2P. The van der Waals surface area contributed by atoms with Gasteiger partial charge in [-0.15, -0.1) is 9.24 Å². The van der Waals surface area contributed by atoms with E-state index in [0.717, 1.165) is 34.6 Å². The first-order valence-corrected chi connectivity index (χ1v) is 9.49. The first-order chi connectivity index (χ1) is 13.0. The highest BCUT2D eigenvalue weighted by Crippen LogP contribution is 2.37. The Morgan fingerprint density at radius 1 is 1.30 bits per heavy atom. The summed E-state index contributed by atoms with van der Waals surface area (Å²) in [4.78, 5) is 9.01. The third kappa shape index (κ3) is 3.74. The van der Waals surface area contributed by atoms with Crippen LogP contribution < -0.4 is 10.0 Å². The van der Waals surface area contributed by atoms with Gasteiger partial charge >= 0.3 is 0 Å². The first-order valence-electron chi connectivity index (χ1n) is 8.91. The summed E-state index contributed by atoms with van der Waals surface area (Å²) in [5.74, 6) is 1.53. The molecule has 1 aliphatic carbocycles. The van der Waals surface area contributed by atoms with E-state index < -0.39 is 0 Å². The van der Waals surface area contributed by atoms with Crippen LogP contribution in [0, 0.1) is 5.92 Å². The quantitative estimate of drug-likeness (QED) is 0.520. The van der Waals surface area contributed by atoms with E-state index in [9.17, 15) is 5.11 Å². The van der Waals surface area contributed by atoms with Crippen LogP contribution in [0.2, 0.25) is 0 Å². The van der Waals surface area contributed by atoms with E-state index in [0.29, 0.717) is 17.2 Å². The fourth-order valence-corrected chi connectivity index (χ4v) is 3.27. The number of nitrogens with zero attached hydrogens (tertiary/aromatic N) is 3. The van der Waals surface area contributed by atoms with Gasteiger partial charge in [0.05, 0.1) is 24.3 Å². The summed E-state index contributed by atoms with van der Waals surface area (Å²) in [5.41, 5.74) is 3.96. The summed E-state index contributed by atoms with van der Waals surface area (Å²) < 4.78 is 8.12. The molecule has 1 aliphatic rings. The number of rotatable bonds is 6. The molecular weight excluding hydrogens is 357 g/mol. The fourth-order valence-electron chi connectivity index (χ4n) is 3.02. The van der Waals surface area contributed by atoms with E-state index in [1.54, 1.807) is 24.7 Å². The zero-order chi connectivity index (χ0) is 19.0. The van der Waals surface area contributed by atoms with Gasteiger partial charge in [0.1, 0.15) is 17.2 Å². The number of aliphatic hydroxyl groups is 1. The summed E-state index contributed by atoms with van der Waals surface area (Å²) in [6.45, 7) is 4.34. The van der Waals surface area contributed by atoms with E-state index >= 15 is 0 Å². The summed E-state index contributed by atoms with van der Waals surface area (Å²) >= 11 is 0. The molecule has 0 bridgehead atoms. The molecule has 0 radical (unpaired) electrons. The third-order valence-corrected chi connectivity index (χ3v) is 5.06. The van der Waals surface area contributed by atoms with Crippen LogP contribution in [0.4, 0.5) is 0 Å². The number of aromatic nitrogens is 3. The average molecular weight is 379 g/mol. The molecule has 27 heavy (non-hydrogen) atoms. The molecule has 1 fully saturated rings. The van der Waals surface area contributed by atoms with Gasteiger partial charge in [0, 0.05) is 24.4 Å². The summed E-state index contributed by atoms with van der Waals surface area (Å²) in [6, 6.07) is 9.66. The summed E-state index contributed by atoms with van der Waals surface area (Å²) in [5, 5.41) is 10.8. The van der Waals surface area contributed by atoms with Crippen LogP contribution in [-0.4, -0.2) is 26.2 Å². The minimum atomic E-state index is 0.0111. The van der Waals surface area contributed by atoms with Crippen molar-refractivity contribution in [3.05, 3.63) is 55.0 Å². The van der Waals surface area contributed by atoms with Crippen molar-refractivity contribution in [3.63, 3.8) is 0 Å². The Balaban J connectivity index is 1.80. The minimum absolute atomic E-state index is 0.0111. The molecule has 0 aliphatic heterocycles. The van der Waals surface area contributed by atoms with Crippen molar-refractivity contribution < 1.29 is 9.84 Å². The molecule has 2 aromatic heterocycles. The lowest BCUT2D eigenvalue weighted by molar-refractivity contribution is 0.301. The second-order valence-electron chi connectivity index (χ2n) is 6.94. The van der Waals surface area contributed by atoms with Gasteiger partial charge < -0.3 is 14.4 Å². The Hall–Kier alpha value is -2.65. The van der Waals surface area contributed by atoms with E-state index in [1.165, 1.54) is 12.8 Å². The lowest BCUT2D eigenvalue weighted by Crippen LogP contribution is -2.04. The summed E-state index contributed by atoms with van der Waals surface area (Å²) in [7, 11) is 4.68. The van der Waals surface area contributed by atoms with Crippen LogP contribution >= 0.6 is 9.24 Å². The minimum Gasteiger partial charge on any atom is -0.508 e. The molecule has 1 unspecified atom stereocenters.